The minimum atomic E-state index is -3.52. The van der Waals surface area contributed by atoms with Crippen molar-refractivity contribution in [1.29, 1.82) is 0 Å². The zero-order valence-electron chi connectivity index (χ0n) is 16.7. The summed E-state index contributed by atoms with van der Waals surface area (Å²) in [4.78, 5) is 15.1. The minimum Gasteiger partial charge on any atom is -0.333 e. The van der Waals surface area contributed by atoms with Crippen LogP contribution in [0.2, 0.25) is 0 Å². The quantitative estimate of drug-likeness (QED) is 0.714. The van der Waals surface area contributed by atoms with Crippen LogP contribution < -0.4 is 0 Å². The van der Waals surface area contributed by atoms with E-state index in [1.165, 1.54) is 22.7 Å². The molecule has 1 aromatic rings. The highest BCUT2D eigenvalue weighted by Crippen LogP contribution is 2.39. The number of sulfone groups is 1. The molecule has 1 amide bonds. The van der Waals surface area contributed by atoms with E-state index in [1.807, 2.05) is 4.90 Å². The molecule has 3 heterocycles. The SMILES string of the molecule is CS(=O)(=O)C1CC2CCC(C1)N2C(=O)c1ccc(S(=O)(=O)N2CCCCC2)cc1. The lowest BCUT2D eigenvalue weighted by Gasteiger charge is -2.38. The van der Waals surface area contributed by atoms with Gasteiger partial charge in [-0.15, -0.1) is 0 Å². The topological polar surface area (TPSA) is 91.8 Å². The van der Waals surface area contributed by atoms with Crippen LogP contribution in [0.3, 0.4) is 0 Å². The lowest BCUT2D eigenvalue weighted by Crippen LogP contribution is -2.49. The molecule has 7 nitrogen and oxygen atoms in total. The van der Waals surface area contributed by atoms with Crippen molar-refractivity contribution in [3.63, 3.8) is 0 Å². The normalized spacial score (nSPS) is 28.4. The molecule has 4 rings (SSSR count). The standard InChI is InChI=1S/C20H28N2O5S2/c1-28(24,25)19-13-16-7-8-17(14-19)22(16)20(23)15-5-9-18(10-6-15)29(26,27)21-11-3-2-4-12-21/h5-6,9-10,16-17,19H,2-4,7-8,11-14H2,1H3. The molecule has 160 valence electrons. The number of piperidine rings is 2. The Morgan fingerprint density at radius 1 is 0.897 bits per heavy atom. The smallest absolute Gasteiger partial charge is 0.254 e. The number of amides is 1. The second kappa shape index (κ2) is 7.67. The summed E-state index contributed by atoms with van der Waals surface area (Å²) < 4.78 is 51.0. The predicted molar refractivity (Wildman–Crippen MR) is 110 cm³/mol. The third kappa shape index (κ3) is 3.96. The maximum absolute atomic E-state index is 13.1. The number of hydrogen-bond acceptors (Lipinski definition) is 5. The number of carbonyl (C=O) groups excluding carboxylic acids is 1. The Morgan fingerprint density at radius 2 is 1.45 bits per heavy atom. The first kappa shape index (κ1) is 20.8. The van der Waals surface area contributed by atoms with Crippen LogP contribution in [-0.2, 0) is 19.9 Å². The maximum Gasteiger partial charge on any atom is 0.254 e. The Balaban J connectivity index is 1.51. The summed E-state index contributed by atoms with van der Waals surface area (Å²) in [5.41, 5.74) is 0.456. The number of fused-ring (bicyclic) bond motifs is 2. The summed E-state index contributed by atoms with van der Waals surface area (Å²) in [5, 5.41) is -0.374. The van der Waals surface area contributed by atoms with Crippen molar-refractivity contribution < 1.29 is 21.6 Å². The summed E-state index contributed by atoms with van der Waals surface area (Å²) in [6.45, 7) is 1.09. The van der Waals surface area contributed by atoms with Crippen LogP contribution in [-0.4, -0.2) is 68.6 Å². The lowest BCUT2D eigenvalue weighted by atomic mass is 10.0. The molecule has 2 atom stereocenters. The summed E-state index contributed by atoms with van der Waals surface area (Å²) in [7, 11) is -6.63. The molecule has 2 bridgehead atoms. The first-order valence-corrected chi connectivity index (χ1v) is 13.7. The van der Waals surface area contributed by atoms with Crippen LogP contribution in [0.15, 0.2) is 29.2 Å². The Bertz CT molecular complexity index is 968. The van der Waals surface area contributed by atoms with E-state index in [4.69, 9.17) is 0 Å². The van der Waals surface area contributed by atoms with Crippen LogP contribution in [0.5, 0.6) is 0 Å². The summed E-state index contributed by atoms with van der Waals surface area (Å²) >= 11 is 0. The number of hydrogen-bond donors (Lipinski definition) is 0. The van der Waals surface area contributed by atoms with Gasteiger partial charge in [0.2, 0.25) is 10.0 Å². The highest BCUT2D eigenvalue weighted by Gasteiger charge is 2.46. The Morgan fingerprint density at radius 3 is 1.97 bits per heavy atom. The van der Waals surface area contributed by atoms with Crippen LogP contribution in [0.25, 0.3) is 0 Å². The fourth-order valence-corrected chi connectivity index (χ4v) is 7.64. The second-order valence-corrected chi connectivity index (χ2v) is 12.8. The van der Waals surface area contributed by atoms with Crippen LogP contribution in [0.4, 0.5) is 0 Å². The predicted octanol–water partition coefficient (Wildman–Crippen LogP) is 2.04. The fraction of sp³-hybridized carbons (Fsp3) is 0.650. The van der Waals surface area contributed by atoms with Gasteiger partial charge in [0, 0.05) is 37.0 Å². The van der Waals surface area contributed by atoms with Crippen LogP contribution in [0, 0.1) is 0 Å². The summed E-state index contributed by atoms with van der Waals surface area (Å²) in [6, 6.07) is 6.09. The van der Waals surface area contributed by atoms with E-state index in [0.29, 0.717) is 31.5 Å². The molecule has 3 fully saturated rings. The number of benzene rings is 1. The van der Waals surface area contributed by atoms with E-state index in [0.717, 1.165) is 32.1 Å². The van der Waals surface area contributed by atoms with Gasteiger partial charge in [-0.1, -0.05) is 6.42 Å². The van der Waals surface area contributed by atoms with Gasteiger partial charge < -0.3 is 4.90 Å². The van der Waals surface area contributed by atoms with Crippen LogP contribution in [0.1, 0.15) is 55.3 Å². The molecule has 0 spiro atoms. The first-order chi connectivity index (χ1) is 13.7. The van der Waals surface area contributed by atoms with E-state index in [9.17, 15) is 21.6 Å². The third-order valence-electron chi connectivity index (χ3n) is 6.58. The third-order valence-corrected chi connectivity index (χ3v) is 10.1. The molecule has 9 heteroatoms. The lowest BCUT2D eigenvalue weighted by molar-refractivity contribution is 0.0598. The van der Waals surface area contributed by atoms with Gasteiger partial charge in [-0.3, -0.25) is 4.79 Å². The van der Waals surface area contributed by atoms with Gasteiger partial charge in [0.05, 0.1) is 10.1 Å². The molecule has 3 saturated heterocycles. The zero-order chi connectivity index (χ0) is 20.8. The fourth-order valence-electron chi connectivity index (χ4n) is 4.98. The highest BCUT2D eigenvalue weighted by atomic mass is 32.2. The Labute approximate surface area is 173 Å². The maximum atomic E-state index is 13.1. The van der Waals surface area contributed by atoms with E-state index in [-0.39, 0.29) is 28.1 Å². The van der Waals surface area contributed by atoms with Crippen molar-refractivity contribution in [3.05, 3.63) is 29.8 Å². The van der Waals surface area contributed by atoms with Gasteiger partial charge >= 0.3 is 0 Å². The molecular formula is C20H28N2O5S2. The highest BCUT2D eigenvalue weighted by molar-refractivity contribution is 7.91. The molecule has 2 unspecified atom stereocenters. The van der Waals surface area contributed by atoms with Gasteiger partial charge in [-0.05, 0) is 62.8 Å². The molecule has 3 aliphatic heterocycles. The molecule has 0 saturated carbocycles. The minimum absolute atomic E-state index is 0.0577. The van der Waals surface area contributed by atoms with E-state index in [1.54, 1.807) is 12.1 Å². The average molecular weight is 441 g/mol. The Hall–Kier alpha value is -1.45. The molecule has 1 aromatic carbocycles. The van der Waals surface area contributed by atoms with Crippen molar-refractivity contribution in [2.75, 3.05) is 19.3 Å². The Kier molecular flexibility index (Phi) is 5.50. The van der Waals surface area contributed by atoms with Crippen molar-refractivity contribution in [2.45, 2.75) is 67.2 Å². The van der Waals surface area contributed by atoms with E-state index in [2.05, 4.69) is 0 Å². The summed E-state index contributed by atoms with van der Waals surface area (Å²) in [5.74, 6) is -0.133. The molecule has 0 aliphatic carbocycles. The van der Waals surface area contributed by atoms with Crippen molar-refractivity contribution in [1.82, 2.24) is 9.21 Å². The molecule has 3 aliphatic rings. The monoisotopic (exact) mass is 440 g/mol. The van der Waals surface area contributed by atoms with Gasteiger partial charge in [0.15, 0.2) is 0 Å². The number of rotatable bonds is 4. The van der Waals surface area contributed by atoms with Crippen LogP contribution >= 0.6 is 0 Å². The van der Waals surface area contributed by atoms with E-state index < -0.39 is 19.9 Å². The first-order valence-electron chi connectivity index (χ1n) is 10.3. The van der Waals surface area contributed by atoms with Gasteiger partial charge in [0.25, 0.3) is 5.91 Å². The van der Waals surface area contributed by atoms with Gasteiger partial charge in [0.1, 0.15) is 9.84 Å². The molecule has 0 radical (unpaired) electrons. The second-order valence-electron chi connectivity index (χ2n) is 8.51. The van der Waals surface area contributed by atoms with Gasteiger partial charge in [-0.2, -0.15) is 4.31 Å². The molecule has 0 N–H and O–H groups in total. The van der Waals surface area contributed by atoms with E-state index >= 15 is 0 Å². The average Bonchev–Trinajstić information content (AvgIpc) is 2.96. The largest absolute Gasteiger partial charge is 0.333 e. The van der Waals surface area contributed by atoms with Crippen molar-refractivity contribution >= 4 is 25.8 Å². The molecular weight excluding hydrogens is 412 g/mol. The van der Waals surface area contributed by atoms with Crippen molar-refractivity contribution in [3.8, 4) is 0 Å². The summed E-state index contributed by atoms with van der Waals surface area (Å²) in [6.07, 6.45) is 6.70. The van der Waals surface area contributed by atoms with Crippen molar-refractivity contribution in [2.24, 2.45) is 0 Å². The number of carbonyl (C=O) groups is 1. The molecule has 29 heavy (non-hydrogen) atoms. The zero-order valence-corrected chi connectivity index (χ0v) is 18.3. The van der Waals surface area contributed by atoms with Gasteiger partial charge in [-0.25, -0.2) is 16.8 Å². The number of nitrogens with zero attached hydrogens (tertiary/aromatic N) is 2. The molecule has 0 aromatic heterocycles. The number of sulfonamides is 1.